The van der Waals surface area contributed by atoms with Gasteiger partial charge < -0.3 is 15.3 Å². The highest BCUT2D eigenvalue weighted by Crippen LogP contribution is 2.23. The summed E-state index contributed by atoms with van der Waals surface area (Å²) in [7, 11) is 0. The number of nitrogens with one attached hydrogen (secondary N) is 4. The number of H-pyrrole nitrogens is 3. The molecule has 7 heteroatoms. The molecule has 3 heterocycles. The van der Waals surface area contributed by atoms with Crippen LogP contribution in [0.25, 0.3) is 22.3 Å². The minimum absolute atomic E-state index is 0.0880. The summed E-state index contributed by atoms with van der Waals surface area (Å²) in [6.45, 7) is 0.549. The van der Waals surface area contributed by atoms with Gasteiger partial charge in [-0.25, -0.2) is 4.98 Å². The first-order chi connectivity index (χ1) is 11.8. The van der Waals surface area contributed by atoms with Gasteiger partial charge in [0.05, 0.1) is 17.7 Å². The monoisotopic (exact) mass is 320 g/mol. The Morgan fingerprint density at radius 3 is 2.96 bits per heavy atom. The zero-order valence-corrected chi connectivity index (χ0v) is 12.8. The number of amides is 1. The first-order valence-corrected chi connectivity index (χ1v) is 7.68. The fraction of sp³-hybridized carbons (Fsp3) is 0.118. The highest BCUT2D eigenvalue weighted by atomic mass is 16.1. The molecule has 0 unspecified atom stereocenters. The molecule has 0 radical (unpaired) electrons. The summed E-state index contributed by atoms with van der Waals surface area (Å²) >= 11 is 0. The number of aromatic amines is 3. The zero-order chi connectivity index (χ0) is 16.4. The lowest BCUT2D eigenvalue weighted by Gasteiger charge is -2.04. The molecule has 120 valence electrons. The van der Waals surface area contributed by atoms with Crippen molar-refractivity contribution in [2.45, 2.75) is 6.42 Å². The molecule has 0 aliphatic rings. The van der Waals surface area contributed by atoms with Crippen LogP contribution in [-0.2, 0) is 6.42 Å². The van der Waals surface area contributed by atoms with Crippen LogP contribution in [0.4, 0.5) is 0 Å². The minimum Gasteiger partial charge on any atom is -0.353 e. The summed E-state index contributed by atoms with van der Waals surface area (Å²) in [5, 5.41) is 10.9. The average Bonchev–Trinajstić information content (AvgIpc) is 3.33. The SMILES string of the molecule is O=C(NCCc1c[nH]cn1)c1ccc2[nH]c(-c3cc[nH]n3)cc2c1. The number of nitrogens with zero attached hydrogens (tertiary/aromatic N) is 2. The van der Waals surface area contributed by atoms with Crippen molar-refractivity contribution in [2.75, 3.05) is 6.54 Å². The summed E-state index contributed by atoms with van der Waals surface area (Å²) in [6, 6.07) is 9.50. The molecule has 7 nitrogen and oxygen atoms in total. The van der Waals surface area contributed by atoms with E-state index in [9.17, 15) is 4.79 Å². The second-order valence-corrected chi connectivity index (χ2v) is 5.51. The molecule has 0 saturated carbocycles. The van der Waals surface area contributed by atoms with E-state index in [1.165, 1.54) is 0 Å². The van der Waals surface area contributed by atoms with Gasteiger partial charge in [0.15, 0.2) is 0 Å². The molecule has 3 aromatic heterocycles. The lowest BCUT2D eigenvalue weighted by atomic mass is 10.1. The van der Waals surface area contributed by atoms with Gasteiger partial charge in [-0.15, -0.1) is 0 Å². The summed E-state index contributed by atoms with van der Waals surface area (Å²) < 4.78 is 0. The van der Waals surface area contributed by atoms with Crippen LogP contribution in [-0.4, -0.2) is 37.6 Å². The van der Waals surface area contributed by atoms with Gasteiger partial charge in [-0.2, -0.15) is 5.10 Å². The lowest BCUT2D eigenvalue weighted by molar-refractivity contribution is 0.0954. The number of aromatic nitrogens is 5. The van der Waals surface area contributed by atoms with Gasteiger partial charge >= 0.3 is 0 Å². The Balaban J connectivity index is 1.48. The van der Waals surface area contributed by atoms with Crippen molar-refractivity contribution >= 4 is 16.8 Å². The molecule has 1 aromatic carbocycles. The Hall–Kier alpha value is -3.35. The molecule has 1 amide bonds. The maximum atomic E-state index is 12.3. The summed E-state index contributed by atoms with van der Waals surface area (Å²) in [5.41, 5.74) is 4.30. The fourth-order valence-corrected chi connectivity index (χ4v) is 2.66. The van der Waals surface area contributed by atoms with Crippen molar-refractivity contribution in [1.29, 1.82) is 0 Å². The van der Waals surface area contributed by atoms with E-state index >= 15 is 0 Å². The van der Waals surface area contributed by atoms with Crippen LogP contribution in [0.3, 0.4) is 0 Å². The van der Waals surface area contributed by atoms with Crippen LogP contribution < -0.4 is 5.32 Å². The molecule has 0 spiro atoms. The number of benzene rings is 1. The van der Waals surface area contributed by atoms with Crippen molar-refractivity contribution in [3.05, 3.63) is 60.3 Å². The Morgan fingerprint density at radius 2 is 2.17 bits per heavy atom. The van der Waals surface area contributed by atoms with E-state index in [2.05, 4.69) is 30.5 Å². The molecule has 0 aliphatic heterocycles. The van der Waals surface area contributed by atoms with Crippen LogP contribution in [0.2, 0.25) is 0 Å². The van der Waals surface area contributed by atoms with Gasteiger partial charge in [0.2, 0.25) is 0 Å². The van der Waals surface area contributed by atoms with Crippen molar-refractivity contribution < 1.29 is 4.79 Å². The fourth-order valence-electron chi connectivity index (χ4n) is 2.66. The zero-order valence-electron chi connectivity index (χ0n) is 12.8. The third-order valence-corrected chi connectivity index (χ3v) is 3.88. The van der Waals surface area contributed by atoms with E-state index in [1.54, 1.807) is 12.5 Å². The Bertz CT molecular complexity index is 952. The molecule has 0 bridgehead atoms. The highest BCUT2D eigenvalue weighted by molar-refractivity contribution is 5.98. The molecule has 4 N–H and O–H groups in total. The van der Waals surface area contributed by atoms with Gasteiger partial charge in [0.25, 0.3) is 5.91 Å². The van der Waals surface area contributed by atoms with Crippen LogP contribution in [0.1, 0.15) is 16.1 Å². The Labute approximate surface area is 137 Å². The molecule has 0 fully saturated rings. The number of carbonyl (C=O) groups is 1. The normalized spacial score (nSPS) is 11.0. The molecule has 4 rings (SSSR count). The summed E-state index contributed by atoms with van der Waals surface area (Å²) in [6.07, 6.45) is 5.94. The maximum Gasteiger partial charge on any atom is 0.251 e. The maximum absolute atomic E-state index is 12.3. The highest BCUT2D eigenvalue weighted by Gasteiger charge is 2.09. The van der Waals surface area contributed by atoms with Crippen LogP contribution in [0, 0.1) is 0 Å². The minimum atomic E-state index is -0.0880. The number of rotatable bonds is 5. The molecule has 24 heavy (non-hydrogen) atoms. The van der Waals surface area contributed by atoms with E-state index in [1.807, 2.05) is 36.5 Å². The molecule has 4 aromatic rings. The molecular weight excluding hydrogens is 304 g/mol. The van der Waals surface area contributed by atoms with E-state index in [0.29, 0.717) is 18.5 Å². The quantitative estimate of drug-likeness (QED) is 0.453. The molecule has 0 saturated heterocycles. The predicted molar refractivity (Wildman–Crippen MR) is 90.5 cm³/mol. The standard InChI is InChI=1S/C17H16N6O/c24-17(19-5-3-13-9-18-10-20-13)11-1-2-14-12(7-11)8-16(22-14)15-4-6-21-23-15/h1-2,4,6-10,22H,3,5H2,(H,18,20)(H,19,24)(H,21,23). The third kappa shape index (κ3) is 2.79. The van der Waals surface area contributed by atoms with E-state index in [-0.39, 0.29) is 5.91 Å². The second-order valence-electron chi connectivity index (χ2n) is 5.51. The van der Waals surface area contributed by atoms with E-state index in [0.717, 1.165) is 28.0 Å². The van der Waals surface area contributed by atoms with Crippen LogP contribution in [0.15, 0.2) is 49.1 Å². The number of fused-ring (bicyclic) bond motifs is 1. The predicted octanol–water partition coefficient (Wildman–Crippen LogP) is 2.25. The van der Waals surface area contributed by atoms with Gasteiger partial charge in [0, 0.05) is 41.8 Å². The van der Waals surface area contributed by atoms with Gasteiger partial charge in [0.1, 0.15) is 5.69 Å². The number of carbonyl (C=O) groups excluding carboxylic acids is 1. The van der Waals surface area contributed by atoms with Crippen molar-refractivity contribution in [1.82, 2.24) is 30.5 Å². The Kier molecular flexibility index (Phi) is 3.59. The topological polar surface area (TPSA) is 102 Å². The van der Waals surface area contributed by atoms with Gasteiger partial charge in [-0.05, 0) is 30.3 Å². The van der Waals surface area contributed by atoms with E-state index in [4.69, 9.17) is 0 Å². The Morgan fingerprint density at radius 1 is 1.21 bits per heavy atom. The smallest absolute Gasteiger partial charge is 0.251 e. The van der Waals surface area contributed by atoms with Gasteiger partial charge in [-0.1, -0.05) is 0 Å². The summed E-state index contributed by atoms with van der Waals surface area (Å²) in [5.74, 6) is -0.0880. The van der Waals surface area contributed by atoms with Crippen molar-refractivity contribution in [3.63, 3.8) is 0 Å². The van der Waals surface area contributed by atoms with Gasteiger partial charge in [-0.3, -0.25) is 9.89 Å². The number of imidazole rings is 1. The van der Waals surface area contributed by atoms with Crippen molar-refractivity contribution in [2.24, 2.45) is 0 Å². The summed E-state index contributed by atoms with van der Waals surface area (Å²) in [4.78, 5) is 22.6. The number of hydrogen-bond donors (Lipinski definition) is 4. The largest absolute Gasteiger partial charge is 0.353 e. The first kappa shape index (κ1) is 14.3. The van der Waals surface area contributed by atoms with Crippen LogP contribution >= 0.6 is 0 Å². The lowest BCUT2D eigenvalue weighted by Crippen LogP contribution is -2.25. The van der Waals surface area contributed by atoms with E-state index < -0.39 is 0 Å². The first-order valence-electron chi connectivity index (χ1n) is 7.68. The van der Waals surface area contributed by atoms with Crippen LogP contribution in [0.5, 0.6) is 0 Å². The average molecular weight is 320 g/mol. The second kappa shape index (κ2) is 6.04. The molecule has 0 atom stereocenters. The molecule has 0 aliphatic carbocycles. The number of hydrogen-bond acceptors (Lipinski definition) is 3. The third-order valence-electron chi connectivity index (χ3n) is 3.88. The molecular formula is C17H16N6O. The van der Waals surface area contributed by atoms with Crippen molar-refractivity contribution in [3.8, 4) is 11.4 Å².